The van der Waals surface area contributed by atoms with Crippen LogP contribution in [0.25, 0.3) is 0 Å². The molecule has 1 saturated heterocycles. The Labute approximate surface area is 127 Å². The maximum absolute atomic E-state index is 10.7. The molecule has 1 heterocycles. The van der Waals surface area contributed by atoms with Gasteiger partial charge in [0.1, 0.15) is 0 Å². The molecule has 0 amide bonds. The van der Waals surface area contributed by atoms with Crippen LogP contribution in [0.5, 0.6) is 0 Å². The highest BCUT2D eigenvalue weighted by molar-refractivity contribution is 5.85. The molecular weight excluding hydrogens is 284 g/mol. The van der Waals surface area contributed by atoms with E-state index in [4.69, 9.17) is 9.84 Å². The summed E-state index contributed by atoms with van der Waals surface area (Å²) in [6.45, 7) is 6.91. The highest BCUT2D eigenvalue weighted by atomic mass is 35.5. The largest absolute Gasteiger partial charge is 0.480 e. The number of rotatable bonds is 8. The fourth-order valence-electron chi connectivity index (χ4n) is 2.40. The summed E-state index contributed by atoms with van der Waals surface area (Å²) in [6, 6.07) is -0.0953. The summed E-state index contributed by atoms with van der Waals surface area (Å²) >= 11 is 0. The minimum Gasteiger partial charge on any atom is -0.480 e. The van der Waals surface area contributed by atoms with E-state index in [1.165, 1.54) is 0 Å². The Bertz CT molecular complexity index is 292. The molecule has 0 aromatic heterocycles. The van der Waals surface area contributed by atoms with Crippen molar-refractivity contribution in [2.75, 3.05) is 39.8 Å². The molecule has 7 heteroatoms. The zero-order valence-corrected chi connectivity index (χ0v) is 13.3. The van der Waals surface area contributed by atoms with Crippen molar-refractivity contribution in [3.63, 3.8) is 0 Å². The predicted octanol–water partition coefficient (Wildman–Crippen LogP) is 0.285. The number of halogens is 1. The first kappa shape index (κ1) is 19.6. The molecule has 1 fully saturated rings. The Balaban J connectivity index is 0.00000361. The summed E-state index contributed by atoms with van der Waals surface area (Å²) in [5.74, 6) is -0.863. The van der Waals surface area contributed by atoms with Crippen LogP contribution in [0.4, 0.5) is 0 Å². The van der Waals surface area contributed by atoms with Gasteiger partial charge in [0.05, 0.1) is 18.8 Å². The van der Waals surface area contributed by atoms with Crippen molar-refractivity contribution in [1.29, 1.82) is 0 Å². The lowest BCUT2D eigenvalue weighted by molar-refractivity contribution is -0.138. The molecule has 1 aliphatic heterocycles. The fourth-order valence-corrected chi connectivity index (χ4v) is 2.40. The van der Waals surface area contributed by atoms with E-state index in [1.54, 1.807) is 11.9 Å². The van der Waals surface area contributed by atoms with Gasteiger partial charge in [-0.25, -0.2) is 0 Å². The summed E-state index contributed by atoms with van der Waals surface area (Å²) in [5, 5.41) is 18.7. The average Bonchev–Trinajstić information content (AvgIpc) is 2.65. The Kier molecular flexibility index (Phi) is 9.33. The van der Waals surface area contributed by atoms with Crippen molar-refractivity contribution >= 4 is 18.4 Å². The summed E-state index contributed by atoms with van der Waals surface area (Å²) in [7, 11) is 1.74. The summed E-state index contributed by atoms with van der Waals surface area (Å²) in [5.41, 5.74) is 0. The number of carboxylic acid groups (broad SMARTS) is 1. The monoisotopic (exact) mass is 310 g/mol. The molecule has 0 aromatic carbocycles. The van der Waals surface area contributed by atoms with E-state index in [1.807, 2.05) is 13.8 Å². The third-order valence-corrected chi connectivity index (χ3v) is 3.36. The number of β-amino-alcohol motifs (C(OH)–C–C–N with tert-alkyl or cyclic N) is 1. The summed E-state index contributed by atoms with van der Waals surface area (Å²) in [4.78, 5) is 14.5. The zero-order valence-electron chi connectivity index (χ0n) is 12.5. The number of aliphatic hydroxyl groups excluding tert-OH is 1. The van der Waals surface area contributed by atoms with Crippen molar-refractivity contribution in [2.24, 2.45) is 0 Å². The first-order chi connectivity index (χ1) is 8.90. The van der Waals surface area contributed by atoms with Gasteiger partial charge in [0.2, 0.25) is 0 Å². The third-order valence-electron chi connectivity index (χ3n) is 3.36. The van der Waals surface area contributed by atoms with Crippen LogP contribution in [0.1, 0.15) is 20.3 Å². The van der Waals surface area contributed by atoms with Crippen molar-refractivity contribution in [3.05, 3.63) is 0 Å². The SMILES string of the molecule is CC(C)OCCCN1CC(N(C)CC(=O)O)[C@H](O)C1.Cl. The van der Waals surface area contributed by atoms with E-state index in [-0.39, 0.29) is 31.1 Å². The Hall–Kier alpha value is -0.400. The molecule has 1 aliphatic rings. The van der Waals surface area contributed by atoms with Gasteiger partial charge in [0.25, 0.3) is 0 Å². The average molecular weight is 311 g/mol. The molecule has 0 saturated carbocycles. The molecule has 2 atom stereocenters. The van der Waals surface area contributed by atoms with Gasteiger partial charge in [0, 0.05) is 32.3 Å². The van der Waals surface area contributed by atoms with Crippen LogP contribution < -0.4 is 0 Å². The number of likely N-dealkylation sites (tertiary alicyclic amines) is 1. The lowest BCUT2D eigenvalue weighted by Crippen LogP contribution is -2.43. The van der Waals surface area contributed by atoms with Crippen LogP contribution in [0.2, 0.25) is 0 Å². The van der Waals surface area contributed by atoms with Crippen LogP contribution in [0, 0.1) is 0 Å². The van der Waals surface area contributed by atoms with E-state index in [2.05, 4.69) is 4.90 Å². The van der Waals surface area contributed by atoms with Crippen molar-refractivity contribution in [2.45, 2.75) is 38.5 Å². The first-order valence-electron chi connectivity index (χ1n) is 6.84. The van der Waals surface area contributed by atoms with Gasteiger partial charge in [-0.1, -0.05) is 0 Å². The minimum absolute atomic E-state index is 0. The van der Waals surface area contributed by atoms with Gasteiger partial charge in [-0.3, -0.25) is 14.6 Å². The normalized spacial score (nSPS) is 23.3. The number of carboxylic acids is 1. The maximum atomic E-state index is 10.7. The molecular formula is C13H27ClN2O4. The fraction of sp³-hybridized carbons (Fsp3) is 0.923. The van der Waals surface area contributed by atoms with E-state index in [0.717, 1.165) is 19.6 Å². The van der Waals surface area contributed by atoms with E-state index in [9.17, 15) is 9.90 Å². The lowest BCUT2D eigenvalue weighted by atomic mass is 10.2. The molecule has 0 spiro atoms. The minimum atomic E-state index is -0.863. The van der Waals surface area contributed by atoms with Crippen LogP contribution in [-0.2, 0) is 9.53 Å². The Morgan fingerprint density at radius 2 is 2.10 bits per heavy atom. The molecule has 0 bridgehead atoms. The molecule has 0 radical (unpaired) electrons. The standard InChI is InChI=1S/C13H26N2O4.ClH/c1-10(2)19-6-4-5-15-7-11(12(16)8-15)14(3)9-13(17)18;/h10-12,16H,4-9H2,1-3H3,(H,17,18);1H/t11?,12-;/m1./s1. The number of aliphatic hydroxyl groups is 1. The predicted molar refractivity (Wildman–Crippen MR) is 79.5 cm³/mol. The van der Waals surface area contributed by atoms with Gasteiger partial charge < -0.3 is 14.9 Å². The Morgan fingerprint density at radius 1 is 1.45 bits per heavy atom. The van der Waals surface area contributed by atoms with Crippen LogP contribution in [0.15, 0.2) is 0 Å². The van der Waals surface area contributed by atoms with Crippen molar-refractivity contribution in [3.8, 4) is 0 Å². The van der Waals surface area contributed by atoms with Crippen molar-refractivity contribution in [1.82, 2.24) is 9.80 Å². The number of hydrogen-bond acceptors (Lipinski definition) is 5. The van der Waals surface area contributed by atoms with E-state index >= 15 is 0 Å². The Morgan fingerprint density at radius 3 is 2.65 bits per heavy atom. The topological polar surface area (TPSA) is 73.2 Å². The van der Waals surface area contributed by atoms with Crippen LogP contribution >= 0.6 is 12.4 Å². The zero-order chi connectivity index (χ0) is 14.4. The number of likely N-dealkylation sites (N-methyl/N-ethyl adjacent to an activating group) is 1. The van der Waals surface area contributed by atoms with E-state index in [0.29, 0.717) is 13.1 Å². The molecule has 0 aliphatic carbocycles. The maximum Gasteiger partial charge on any atom is 0.317 e. The van der Waals surface area contributed by atoms with Crippen molar-refractivity contribution < 1.29 is 19.7 Å². The third kappa shape index (κ3) is 6.85. The van der Waals surface area contributed by atoms with Gasteiger partial charge in [0.15, 0.2) is 0 Å². The van der Waals surface area contributed by atoms with Gasteiger partial charge >= 0.3 is 5.97 Å². The second-order valence-electron chi connectivity index (χ2n) is 5.48. The molecule has 6 nitrogen and oxygen atoms in total. The summed E-state index contributed by atoms with van der Waals surface area (Å²) in [6.07, 6.45) is 0.703. The van der Waals surface area contributed by atoms with Gasteiger partial charge in [-0.05, 0) is 27.3 Å². The summed E-state index contributed by atoms with van der Waals surface area (Å²) < 4.78 is 5.48. The molecule has 2 N–H and O–H groups in total. The molecule has 120 valence electrons. The number of hydrogen-bond donors (Lipinski definition) is 2. The van der Waals surface area contributed by atoms with Crippen LogP contribution in [-0.4, -0.2) is 84.1 Å². The number of ether oxygens (including phenoxy) is 1. The number of nitrogens with zero attached hydrogens (tertiary/aromatic N) is 2. The number of aliphatic carboxylic acids is 1. The van der Waals surface area contributed by atoms with Crippen LogP contribution in [0.3, 0.4) is 0 Å². The quantitative estimate of drug-likeness (QED) is 0.628. The molecule has 20 heavy (non-hydrogen) atoms. The first-order valence-corrected chi connectivity index (χ1v) is 6.84. The smallest absolute Gasteiger partial charge is 0.317 e. The van der Waals surface area contributed by atoms with Gasteiger partial charge in [-0.2, -0.15) is 0 Å². The number of carbonyl (C=O) groups is 1. The van der Waals surface area contributed by atoms with Gasteiger partial charge in [-0.15, -0.1) is 12.4 Å². The molecule has 0 aromatic rings. The second-order valence-corrected chi connectivity index (χ2v) is 5.48. The molecule has 1 unspecified atom stereocenters. The van der Waals surface area contributed by atoms with E-state index < -0.39 is 12.1 Å². The highest BCUT2D eigenvalue weighted by Gasteiger charge is 2.34. The second kappa shape index (κ2) is 9.52. The highest BCUT2D eigenvalue weighted by Crippen LogP contribution is 2.15. The lowest BCUT2D eigenvalue weighted by Gasteiger charge is -2.24. The molecule has 1 rings (SSSR count).